The minimum absolute atomic E-state index is 0.000150. The van der Waals surface area contributed by atoms with Crippen LogP contribution >= 0.6 is 11.6 Å². The molecule has 2 rings (SSSR count). The fourth-order valence-corrected chi connectivity index (χ4v) is 3.95. The van der Waals surface area contributed by atoms with Gasteiger partial charge in [0.2, 0.25) is 0 Å². The van der Waals surface area contributed by atoms with Crippen LogP contribution in [0, 0.1) is 0 Å². The van der Waals surface area contributed by atoms with E-state index < -0.39 is 29.4 Å². The van der Waals surface area contributed by atoms with Crippen LogP contribution < -0.4 is 0 Å². The fourth-order valence-electron chi connectivity index (χ4n) is 3.66. The molecule has 7 nitrogen and oxygen atoms in total. The van der Waals surface area contributed by atoms with E-state index in [0.29, 0.717) is 29.8 Å². The summed E-state index contributed by atoms with van der Waals surface area (Å²) in [6.45, 7) is 0.151. The average molecular weight is 384 g/mol. The van der Waals surface area contributed by atoms with Crippen LogP contribution in [0.5, 0.6) is 0 Å². The summed E-state index contributed by atoms with van der Waals surface area (Å²) >= 11 is 6.34. The van der Waals surface area contributed by atoms with Crippen molar-refractivity contribution in [3.63, 3.8) is 0 Å². The summed E-state index contributed by atoms with van der Waals surface area (Å²) in [6.07, 6.45) is 0.00897. The average Bonchev–Trinajstić information content (AvgIpc) is 2.61. The first-order valence-corrected chi connectivity index (χ1v) is 8.72. The van der Waals surface area contributed by atoms with Gasteiger partial charge in [0.25, 0.3) is 6.47 Å². The third kappa shape index (κ3) is 3.75. The Balaban J connectivity index is 2.52. The van der Waals surface area contributed by atoms with Crippen LogP contribution in [-0.2, 0) is 24.7 Å². The lowest BCUT2D eigenvalue weighted by Crippen LogP contribution is -2.60. The van der Waals surface area contributed by atoms with E-state index in [0.717, 1.165) is 0 Å². The van der Waals surface area contributed by atoms with Crippen LogP contribution in [-0.4, -0.2) is 59.1 Å². The first kappa shape index (κ1) is 20.4. The Labute approximate surface area is 156 Å². The molecule has 2 N–H and O–H groups in total. The zero-order valence-electron chi connectivity index (χ0n) is 14.4. The van der Waals surface area contributed by atoms with Crippen molar-refractivity contribution in [3.8, 4) is 0 Å². The lowest BCUT2D eigenvalue weighted by molar-refractivity contribution is -0.156. The third-order valence-electron chi connectivity index (χ3n) is 4.98. The molecule has 0 spiro atoms. The largest absolute Gasteiger partial charge is 0.480 e. The maximum atomic E-state index is 13.1. The number of halogens is 1. The highest BCUT2D eigenvalue weighted by Gasteiger charge is 2.52. The lowest BCUT2D eigenvalue weighted by atomic mass is 9.72. The van der Waals surface area contributed by atoms with E-state index in [1.54, 1.807) is 24.3 Å². The molecule has 0 aliphatic heterocycles. The molecule has 3 atom stereocenters. The Hall–Kier alpha value is -1.96. The summed E-state index contributed by atoms with van der Waals surface area (Å²) in [5.74, 6) is -1.62. The number of carboxylic acids is 1. The zero-order valence-corrected chi connectivity index (χ0v) is 15.2. The van der Waals surface area contributed by atoms with Gasteiger partial charge in [0, 0.05) is 11.4 Å². The van der Waals surface area contributed by atoms with Crippen molar-refractivity contribution in [3.05, 3.63) is 34.9 Å². The number of Topliss-reactive ketones (excluding diaryl/α,β-unsaturated/α-hetero) is 1. The Morgan fingerprint density at radius 1 is 1.50 bits per heavy atom. The molecule has 1 aliphatic rings. The summed E-state index contributed by atoms with van der Waals surface area (Å²) in [5.41, 5.74) is -0.893. The van der Waals surface area contributed by atoms with Crippen LogP contribution in [0.15, 0.2) is 24.3 Å². The number of aliphatic carboxylic acids is 1. The van der Waals surface area contributed by atoms with E-state index in [2.05, 4.69) is 4.74 Å². The number of rotatable bonds is 8. The first-order valence-electron chi connectivity index (χ1n) is 8.34. The SMILES string of the molecule is CN([C@@H](CCOC=O)C(=O)O)[C@@]1(c2ccccc2Cl)CCC[C@H](O)C1=O. The number of likely N-dealkylation sites (N-methyl/N-ethyl adjacent to an activating group) is 1. The van der Waals surface area contributed by atoms with Gasteiger partial charge in [0.1, 0.15) is 17.7 Å². The summed E-state index contributed by atoms with van der Waals surface area (Å²) in [7, 11) is 1.53. The quantitative estimate of drug-likeness (QED) is 0.519. The highest BCUT2D eigenvalue weighted by Crippen LogP contribution is 2.43. The summed E-state index contributed by atoms with van der Waals surface area (Å²) in [6, 6.07) is 5.65. The van der Waals surface area contributed by atoms with Gasteiger partial charge in [-0.15, -0.1) is 0 Å². The van der Waals surface area contributed by atoms with Crippen molar-refractivity contribution < 1.29 is 29.3 Å². The minimum Gasteiger partial charge on any atom is -0.480 e. The van der Waals surface area contributed by atoms with Crippen LogP contribution in [0.4, 0.5) is 0 Å². The van der Waals surface area contributed by atoms with Gasteiger partial charge in [0.15, 0.2) is 5.78 Å². The van der Waals surface area contributed by atoms with Gasteiger partial charge >= 0.3 is 5.97 Å². The molecule has 0 amide bonds. The number of aliphatic hydroxyl groups excluding tert-OH is 1. The van der Waals surface area contributed by atoms with Gasteiger partial charge in [-0.1, -0.05) is 29.8 Å². The smallest absolute Gasteiger partial charge is 0.321 e. The van der Waals surface area contributed by atoms with Crippen LogP contribution in [0.2, 0.25) is 5.02 Å². The number of nitrogens with zero attached hydrogens (tertiary/aromatic N) is 1. The predicted octanol–water partition coefficient (Wildman–Crippen LogP) is 1.60. The van der Waals surface area contributed by atoms with Crippen LogP contribution in [0.3, 0.4) is 0 Å². The highest BCUT2D eigenvalue weighted by molar-refractivity contribution is 6.31. The zero-order chi connectivity index (χ0) is 19.3. The number of carboxylic acid groups (broad SMARTS) is 1. The summed E-state index contributed by atoms with van der Waals surface area (Å²) in [4.78, 5) is 36.7. The van der Waals surface area contributed by atoms with Gasteiger partial charge in [-0.05, 0) is 37.9 Å². The standard InChI is InChI=1S/C18H22ClNO6/c1-20(14(17(24)25)8-10-26-11-21)18(9-4-7-15(22)16(18)23)12-5-2-3-6-13(12)19/h2-3,5-6,11,14-15,22H,4,7-10H2,1H3,(H,24,25)/t14-,15-,18+/m0/s1. The van der Waals surface area contributed by atoms with Crippen LogP contribution in [0.1, 0.15) is 31.2 Å². The number of hydrogen-bond acceptors (Lipinski definition) is 6. The van der Waals surface area contributed by atoms with Gasteiger partial charge in [-0.3, -0.25) is 19.3 Å². The van der Waals surface area contributed by atoms with Crippen molar-refractivity contribution >= 4 is 29.8 Å². The number of carbonyl (C=O) groups excluding carboxylic acids is 2. The Morgan fingerprint density at radius 2 is 2.19 bits per heavy atom. The molecule has 142 valence electrons. The maximum absolute atomic E-state index is 13.1. The monoisotopic (exact) mass is 383 g/mol. The molecule has 1 aromatic carbocycles. The number of benzene rings is 1. The third-order valence-corrected chi connectivity index (χ3v) is 5.31. The van der Waals surface area contributed by atoms with Crippen molar-refractivity contribution in [1.29, 1.82) is 0 Å². The molecule has 8 heteroatoms. The summed E-state index contributed by atoms with van der Waals surface area (Å²) in [5, 5.41) is 20.2. The predicted molar refractivity (Wildman–Crippen MR) is 93.8 cm³/mol. The van der Waals surface area contributed by atoms with E-state index in [1.165, 1.54) is 11.9 Å². The van der Waals surface area contributed by atoms with Gasteiger partial charge in [0.05, 0.1) is 6.61 Å². The number of carbonyl (C=O) groups is 3. The number of aliphatic hydroxyl groups is 1. The Kier molecular flexibility index (Phi) is 6.75. The second-order valence-corrected chi connectivity index (χ2v) is 6.74. The molecule has 0 radical (unpaired) electrons. The van der Waals surface area contributed by atoms with E-state index >= 15 is 0 Å². The molecule has 0 heterocycles. The topological polar surface area (TPSA) is 104 Å². The molecule has 0 unspecified atom stereocenters. The molecule has 26 heavy (non-hydrogen) atoms. The van der Waals surface area contributed by atoms with Gasteiger partial charge in [-0.2, -0.15) is 0 Å². The Morgan fingerprint density at radius 3 is 2.81 bits per heavy atom. The minimum atomic E-state index is -1.36. The molecule has 0 aromatic heterocycles. The fraction of sp³-hybridized carbons (Fsp3) is 0.500. The van der Waals surface area contributed by atoms with E-state index in [-0.39, 0.29) is 19.5 Å². The molecule has 1 saturated carbocycles. The van der Waals surface area contributed by atoms with Crippen molar-refractivity contribution in [2.24, 2.45) is 0 Å². The van der Waals surface area contributed by atoms with Crippen molar-refractivity contribution in [1.82, 2.24) is 4.90 Å². The molecule has 1 fully saturated rings. The number of ether oxygens (including phenoxy) is 1. The van der Waals surface area contributed by atoms with Crippen LogP contribution in [0.25, 0.3) is 0 Å². The molecule has 0 bridgehead atoms. The van der Waals surface area contributed by atoms with E-state index in [4.69, 9.17) is 11.6 Å². The van der Waals surface area contributed by atoms with E-state index in [9.17, 15) is 24.6 Å². The number of hydrogen-bond donors (Lipinski definition) is 2. The molecule has 0 saturated heterocycles. The Bertz CT molecular complexity index is 681. The number of ketones is 1. The molecular formula is C18H22ClNO6. The first-order chi connectivity index (χ1) is 12.4. The summed E-state index contributed by atoms with van der Waals surface area (Å²) < 4.78 is 4.63. The van der Waals surface area contributed by atoms with Crippen molar-refractivity contribution in [2.75, 3.05) is 13.7 Å². The molecule has 1 aromatic rings. The van der Waals surface area contributed by atoms with E-state index in [1.807, 2.05) is 0 Å². The van der Waals surface area contributed by atoms with Crippen molar-refractivity contribution in [2.45, 2.75) is 43.4 Å². The normalized spacial score (nSPS) is 24.3. The molecular weight excluding hydrogens is 362 g/mol. The molecule has 1 aliphatic carbocycles. The second kappa shape index (κ2) is 8.62. The highest BCUT2D eigenvalue weighted by atomic mass is 35.5. The second-order valence-electron chi connectivity index (χ2n) is 6.33. The maximum Gasteiger partial charge on any atom is 0.321 e. The lowest BCUT2D eigenvalue weighted by Gasteiger charge is -2.47. The van der Waals surface area contributed by atoms with Gasteiger partial charge in [-0.25, -0.2) is 0 Å². The van der Waals surface area contributed by atoms with Gasteiger partial charge < -0.3 is 14.9 Å².